The molecule has 0 saturated carbocycles. The van der Waals surface area contributed by atoms with Gasteiger partial charge in [-0.3, -0.25) is 29.4 Å². The molecule has 0 aliphatic carbocycles. The molecule has 2 N–H and O–H groups in total. The first-order valence-corrected chi connectivity index (χ1v) is 9.81. The van der Waals surface area contributed by atoms with Crippen LogP contribution in [-0.4, -0.2) is 81.2 Å². The summed E-state index contributed by atoms with van der Waals surface area (Å²) in [4.78, 5) is 49.7. The zero-order valence-electron chi connectivity index (χ0n) is 17.2. The Balaban J connectivity index is 0.00000341. The number of likely N-dealkylation sites (N-methyl/N-ethyl adjacent to an activating group) is 1. The number of hydrogen-bond donors (Lipinski definition) is 2. The molecule has 1 aromatic carbocycles. The van der Waals surface area contributed by atoms with Crippen molar-refractivity contribution in [1.29, 1.82) is 0 Å². The molecule has 3 rings (SSSR count). The molecule has 2 heterocycles. The standard InChI is InChI=1S/C20H25N3O7.ClH/c1-21-6-7-28-8-9-29-10-11-30-13-2-3-14-15(12-13)20(27)23(19(14)26)16-4-5-17(24)22-18(16)25;/h2-3,12,16,21H,4-11H2,1H3,(H,22,24,25);1H. The monoisotopic (exact) mass is 455 g/mol. The number of benzene rings is 1. The van der Waals surface area contributed by atoms with Gasteiger partial charge in [0, 0.05) is 13.0 Å². The molecule has 0 radical (unpaired) electrons. The Bertz CT molecular complexity index is 833. The van der Waals surface area contributed by atoms with Crippen molar-refractivity contribution in [2.75, 3.05) is 46.6 Å². The van der Waals surface area contributed by atoms with Crippen LogP contribution < -0.4 is 15.4 Å². The van der Waals surface area contributed by atoms with Crippen LogP contribution in [0, 0.1) is 0 Å². The molecule has 1 unspecified atom stereocenters. The fourth-order valence-corrected chi connectivity index (χ4v) is 3.25. The number of piperidine rings is 1. The van der Waals surface area contributed by atoms with Gasteiger partial charge in [0.15, 0.2) is 0 Å². The number of carbonyl (C=O) groups excluding carboxylic acids is 4. The number of fused-ring (bicyclic) bond motifs is 1. The molecule has 10 nitrogen and oxygen atoms in total. The summed E-state index contributed by atoms with van der Waals surface area (Å²) in [6, 6.07) is 3.61. The van der Waals surface area contributed by atoms with Crippen LogP contribution in [0.1, 0.15) is 33.6 Å². The van der Waals surface area contributed by atoms with Gasteiger partial charge in [-0.05, 0) is 31.7 Å². The van der Waals surface area contributed by atoms with Gasteiger partial charge in [-0.25, -0.2) is 0 Å². The number of hydrogen-bond acceptors (Lipinski definition) is 8. The van der Waals surface area contributed by atoms with Gasteiger partial charge in [0.05, 0.1) is 37.6 Å². The van der Waals surface area contributed by atoms with Crippen molar-refractivity contribution < 1.29 is 33.4 Å². The van der Waals surface area contributed by atoms with Gasteiger partial charge >= 0.3 is 0 Å². The van der Waals surface area contributed by atoms with Crippen LogP contribution in [-0.2, 0) is 19.1 Å². The minimum absolute atomic E-state index is 0. The van der Waals surface area contributed by atoms with Gasteiger partial charge in [-0.15, -0.1) is 12.4 Å². The zero-order valence-corrected chi connectivity index (χ0v) is 18.0. The Labute approximate surface area is 186 Å². The molecular weight excluding hydrogens is 430 g/mol. The average Bonchev–Trinajstić information content (AvgIpc) is 2.97. The lowest BCUT2D eigenvalue weighted by atomic mass is 10.0. The molecule has 31 heavy (non-hydrogen) atoms. The Hall–Kier alpha value is -2.53. The van der Waals surface area contributed by atoms with Gasteiger partial charge in [-0.1, -0.05) is 0 Å². The highest BCUT2D eigenvalue weighted by molar-refractivity contribution is 6.23. The summed E-state index contributed by atoms with van der Waals surface area (Å²) in [6.45, 7) is 2.96. The lowest BCUT2D eigenvalue weighted by Crippen LogP contribution is -2.54. The predicted octanol–water partition coefficient (Wildman–Crippen LogP) is 0.141. The Morgan fingerprint density at radius 1 is 1.00 bits per heavy atom. The van der Waals surface area contributed by atoms with E-state index in [1.165, 1.54) is 12.1 Å². The molecule has 170 valence electrons. The largest absolute Gasteiger partial charge is 0.491 e. The third-order valence-corrected chi connectivity index (χ3v) is 4.78. The molecule has 2 aliphatic rings. The van der Waals surface area contributed by atoms with Gasteiger partial charge in [0.1, 0.15) is 18.4 Å². The van der Waals surface area contributed by atoms with Crippen LogP contribution in [0.15, 0.2) is 18.2 Å². The number of amides is 4. The lowest BCUT2D eigenvalue weighted by Gasteiger charge is -2.27. The van der Waals surface area contributed by atoms with Gasteiger partial charge in [0.25, 0.3) is 11.8 Å². The number of rotatable bonds is 11. The maximum Gasteiger partial charge on any atom is 0.262 e. The van der Waals surface area contributed by atoms with E-state index in [4.69, 9.17) is 14.2 Å². The number of ether oxygens (including phenoxy) is 3. The molecule has 1 saturated heterocycles. The average molecular weight is 456 g/mol. The Morgan fingerprint density at radius 3 is 2.39 bits per heavy atom. The fourth-order valence-electron chi connectivity index (χ4n) is 3.25. The van der Waals surface area contributed by atoms with Crippen molar-refractivity contribution in [2.24, 2.45) is 0 Å². The summed E-state index contributed by atoms with van der Waals surface area (Å²) in [7, 11) is 1.85. The Kier molecular flexibility index (Phi) is 9.38. The van der Waals surface area contributed by atoms with Gasteiger partial charge in [0.2, 0.25) is 11.8 Å². The predicted molar refractivity (Wildman–Crippen MR) is 111 cm³/mol. The van der Waals surface area contributed by atoms with Crippen molar-refractivity contribution >= 4 is 36.0 Å². The van der Waals surface area contributed by atoms with E-state index in [-0.39, 0.29) is 43.0 Å². The minimum Gasteiger partial charge on any atom is -0.491 e. The van der Waals surface area contributed by atoms with Crippen molar-refractivity contribution in [3.63, 3.8) is 0 Å². The normalized spacial score (nSPS) is 18.0. The molecule has 4 amide bonds. The fraction of sp³-hybridized carbons (Fsp3) is 0.500. The van der Waals surface area contributed by atoms with Crippen LogP contribution in [0.4, 0.5) is 0 Å². The molecule has 1 atom stereocenters. The SMILES string of the molecule is CNCCOCCOCCOc1ccc2c(c1)C(=O)N(C1CCC(=O)NC1=O)C2=O.Cl. The summed E-state index contributed by atoms with van der Waals surface area (Å²) in [5.74, 6) is -1.73. The third kappa shape index (κ3) is 6.01. The van der Waals surface area contributed by atoms with E-state index in [2.05, 4.69) is 10.6 Å². The second kappa shape index (κ2) is 11.8. The smallest absolute Gasteiger partial charge is 0.262 e. The van der Waals surface area contributed by atoms with E-state index in [1.54, 1.807) is 6.07 Å². The van der Waals surface area contributed by atoms with Crippen LogP contribution in [0.2, 0.25) is 0 Å². The van der Waals surface area contributed by atoms with Gasteiger partial charge < -0.3 is 19.5 Å². The van der Waals surface area contributed by atoms with E-state index >= 15 is 0 Å². The highest BCUT2D eigenvalue weighted by Gasteiger charge is 2.44. The molecule has 0 bridgehead atoms. The number of nitrogens with zero attached hydrogens (tertiary/aromatic N) is 1. The molecule has 1 fully saturated rings. The second-order valence-corrected chi connectivity index (χ2v) is 6.83. The molecule has 11 heteroatoms. The van der Waals surface area contributed by atoms with Crippen molar-refractivity contribution in [2.45, 2.75) is 18.9 Å². The number of carbonyl (C=O) groups is 4. The van der Waals surface area contributed by atoms with Crippen LogP contribution >= 0.6 is 12.4 Å². The van der Waals surface area contributed by atoms with E-state index < -0.39 is 29.7 Å². The maximum atomic E-state index is 12.8. The van der Waals surface area contributed by atoms with Gasteiger partial charge in [-0.2, -0.15) is 0 Å². The second-order valence-electron chi connectivity index (χ2n) is 6.83. The summed E-state index contributed by atoms with van der Waals surface area (Å²) < 4.78 is 16.3. The van der Waals surface area contributed by atoms with E-state index in [0.29, 0.717) is 32.2 Å². The number of halogens is 1. The van der Waals surface area contributed by atoms with E-state index in [9.17, 15) is 19.2 Å². The van der Waals surface area contributed by atoms with E-state index in [1.807, 2.05) is 7.05 Å². The van der Waals surface area contributed by atoms with Crippen molar-refractivity contribution in [1.82, 2.24) is 15.5 Å². The molecular formula is C20H26ClN3O7. The maximum absolute atomic E-state index is 12.8. The summed E-state index contributed by atoms with van der Waals surface area (Å²) in [5, 5.41) is 5.15. The Morgan fingerprint density at radius 2 is 1.68 bits per heavy atom. The third-order valence-electron chi connectivity index (χ3n) is 4.78. The number of nitrogens with one attached hydrogen (secondary N) is 2. The summed E-state index contributed by atoms with van der Waals surface area (Å²) in [5.41, 5.74) is 0.396. The highest BCUT2D eigenvalue weighted by atomic mass is 35.5. The van der Waals surface area contributed by atoms with Crippen molar-refractivity contribution in [3.05, 3.63) is 29.3 Å². The topological polar surface area (TPSA) is 123 Å². The van der Waals surface area contributed by atoms with Crippen molar-refractivity contribution in [3.8, 4) is 5.75 Å². The zero-order chi connectivity index (χ0) is 21.5. The van der Waals surface area contributed by atoms with Crippen LogP contribution in [0.25, 0.3) is 0 Å². The van der Waals surface area contributed by atoms with E-state index in [0.717, 1.165) is 11.4 Å². The molecule has 2 aliphatic heterocycles. The quantitative estimate of drug-likeness (QED) is 0.357. The molecule has 1 aromatic rings. The number of imide groups is 2. The van der Waals surface area contributed by atoms with Crippen LogP contribution in [0.3, 0.4) is 0 Å². The molecule has 0 spiro atoms. The highest BCUT2D eigenvalue weighted by Crippen LogP contribution is 2.30. The minimum atomic E-state index is -0.983. The first kappa shape index (κ1) is 24.7. The summed E-state index contributed by atoms with van der Waals surface area (Å²) >= 11 is 0. The summed E-state index contributed by atoms with van der Waals surface area (Å²) in [6.07, 6.45) is 0.203. The van der Waals surface area contributed by atoms with Crippen LogP contribution in [0.5, 0.6) is 5.75 Å². The first-order valence-electron chi connectivity index (χ1n) is 9.81. The molecule has 0 aromatic heterocycles. The first-order chi connectivity index (χ1) is 14.5. The lowest BCUT2D eigenvalue weighted by molar-refractivity contribution is -0.136.